The summed E-state index contributed by atoms with van der Waals surface area (Å²) in [5.74, 6) is -0.0657. The molecule has 138 valence electrons. The fourth-order valence-electron chi connectivity index (χ4n) is 2.89. The second-order valence-corrected chi connectivity index (χ2v) is 6.17. The lowest BCUT2D eigenvalue weighted by molar-refractivity contribution is -0.143. The van der Waals surface area contributed by atoms with Gasteiger partial charge in [-0.05, 0) is 32.0 Å². The molecule has 1 aliphatic heterocycles. The van der Waals surface area contributed by atoms with E-state index in [4.69, 9.17) is 14.2 Å². The van der Waals surface area contributed by atoms with Crippen LogP contribution in [0.1, 0.15) is 23.0 Å². The highest BCUT2D eigenvalue weighted by molar-refractivity contribution is 5.96. The van der Waals surface area contributed by atoms with Crippen molar-refractivity contribution in [1.82, 2.24) is 9.88 Å². The maximum Gasteiger partial charge on any atom is 0.340 e. The summed E-state index contributed by atoms with van der Waals surface area (Å²) >= 11 is 0. The standard InChI is InChI=1S/C19H22N2O5/c1-12-16(10-14-4-5-15(24-3)11-17(14)20-12)19(23)26-13(2)18(22)21-6-8-25-9-7-21/h4-5,10-11,13H,6-9H2,1-3H3. The van der Waals surface area contributed by atoms with Crippen LogP contribution >= 0.6 is 0 Å². The average Bonchev–Trinajstić information content (AvgIpc) is 2.66. The van der Waals surface area contributed by atoms with Crippen LogP contribution in [-0.4, -0.2) is 61.3 Å². The van der Waals surface area contributed by atoms with Gasteiger partial charge in [0.25, 0.3) is 5.91 Å². The van der Waals surface area contributed by atoms with Crippen molar-refractivity contribution in [3.8, 4) is 5.75 Å². The van der Waals surface area contributed by atoms with Gasteiger partial charge in [-0.15, -0.1) is 0 Å². The van der Waals surface area contributed by atoms with Gasteiger partial charge in [0, 0.05) is 24.5 Å². The molecule has 1 aromatic carbocycles. The summed E-state index contributed by atoms with van der Waals surface area (Å²) in [6, 6.07) is 7.17. The molecule has 1 aromatic heterocycles. The van der Waals surface area contributed by atoms with Gasteiger partial charge in [-0.25, -0.2) is 4.79 Å². The molecule has 0 N–H and O–H groups in total. The SMILES string of the molecule is COc1ccc2cc(C(=O)OC(C)C(=O)N3CCOCC3)c(C)nc2c1. The van der Waals surface area contributed by atoms with Gasteiger partial charge >= 0.3 is 5.97 Å². The molecule has 1 amide bonds. The van der Waals surface area contributed by atoms with E-state index in [-0.39, 0.29) is 5.91 Å². The van der Waals surface area contributed by atoms with E-state index in [1.165, 1.54) is 0 Å². The monoisotopic (exact) mass is 358 g/mol. The molecule has 0 saturated carbocycles. The van der Waals surface area contributed by atoms with Crippen LogP contribution in [0.2, 0.25) is 0 Å². The lowest BCUT2D eigenvalue weighted by Gasteiger charge is -2.29. The number of carbonyl (C=O) groups excluding carboxylic acids is 2. The Morgan fingerprint density at radius 2 is 1.96 bits per heavy atom. The number of rotatable bonds is 4. The summed E-state index contributed by atoms with van der Waals surface area (Å²) in [5.41, 5.74) is 1.63. The molecule has 0 spiro atoms. The van der Waals surface area contributed by atoms with Gasteiger partial charge in [0.1, 0.15) is 5.75 Å². The van der Waals surface area contributed by atoms with Crippen LogP contribution in [0.5, 0.6) is 5.75 Å². The van der Waals surface area contributed by atoms with Gasteiger partial charge in [0.15, 0.2) is 6.10 Å². The van der Waals surface area contributed by atoms with Crippen LogP contribution in [0.3, 0.4) is 0 Å². The maximum atomic E-state index is 12.5. The summed E-state index contributed by atoms with van der Waals surface area (Å²) < 4.78 is 15.8. The van der Waals surface area contributed by atoms with E-state index in [0.29, 0.717) is 43.3 Å². The number of hydrogen-bond acceptors (Lipinski definition) is 6. The van der Waals surface area contributed by atoms with Crippen LogP contribution < -0.4 is 4.74 Å². The fraction of sp³-hybridized carbons (Fsp3) is 0.421. The maximum absolute atomic E-state index is 12.5. The van der Waals surface area contributed by atoms with Crippen LogP contribution in [-0.2, 0) is 14.3 Å². The Balaban J connectivity index is 1.76. The van der Waals surface area contributed by atoms with Gasteiger partial charge in [-0.2, -0.15) is 0 Å². The quantitative estimate of drug-likeness (QED) is 0.778. The van der Waals surface area contributed by atoms with Crippen LogP contribution in [0, 0.1) is 6.92 Å². The number of amides is 1. The first-order chi connectivity index (χ1) is 12.5. The predicted octanol–water partition coefficient (Wildman–Crippen LogP) is 1.96. The van der Waals surface area contributed by atoms with E-state index in [2.05, 4.69) is 4.98 Å². The summed E-state index contributed by atoms with van der Waals surface area (Å²) in [4.78, 5) is 31.1. The molecule has 1 unspecified atom stereocenters. The third-order valence-corrected chi connectivity index (χ3v) is 4.39. The Labute approximate surface area is 151 Å². The van der Waals surface area contributed by atoms with Crippen LogP contribution in [0.4, 0.5) is 0 Å². The van der Waals surface area contributed by atoms with Gasteiger partial charge in [-0.1, -0.05) is 0 Å². The Kier molecular flexibility index (Phi) is 5.37. The highest BCUT2D eigenvalue weighted by atomic mass is 16.5. The van der Waals surface area contributed by atoms with E-state index < -0.39 is 12.1 Å². The van der Waals surface area contributed by atoms with Gasteiger partial charge in [0.05, 0.1) is 37.1 Å². The lowest BCUT2D eigenvalue weighted by atomic mass is 10.1. The number of nitrogens with zero attached hydrogens (tertiary/aromatic N) is 2. The topological polar surface area (TPSA) is 78.0 Å². The third kappa shape index (κ3) is 3.77. The summed E-state index contributed by atoms with van der Waals surface area (Å²) in [6.45, 7) is 5.36. The number of morpholine rings is 1. The van der Waals surface area contributed by atoms with E-state index in [9.17, 15) is 9.59 Å². The number of hydrogen-bond donors (Lipinski definition) is 0. The molecule has 0 bridgehead atoms. The number of fused-ring (bicyclic) bond motifs is 1. The first-order valence-corrected chi connectivity index (χ1v) is 8.52. The second-order valence-electron chi connectivity index (χ2n) is 6.17. The minimum Gasteiger partial charge on any atom is -0.497 e. The van der Waals surface area contributed by atoms with Crippen molar-refractivity contribution in [3.05, 3.63) is 35.5 Å². The van der Waals surface area contributed by atoms with E-state index in [0.717, 1.165) is 10.9 Å². The number of methoxy groups -OCH3 is 1. The van der Waals surface area contributed by atoms with E-state index in [1.54, 1.807) is 38.0 Å². The Morgan fingerprint density at radius 3 is 2.65 bits per heavy atom. The zero-order valence-corrected chi connectivity index (χ0v) is 15.2. The molecule has 2 aromatic rings. The molecule has 7 heteroatoms. The number of carbonyl (C=O) groups is 2. The largest absolute Gasteiger partial charge is 0.497 e. The zero-order chi connectivity index (χ0) is 18.7. The molecular formula is C19H22N2O5. The number of aromatic nitrogens is 1. The Bertz CT molecular complexity index is 830. The molecule has 1 aliphatic rings. The number of ether oxygens (including phenoxy) is 3. The minimum atomic E-state index is -0.855. The van der Waals surface area contributed by atoms with E-state index in [1.807, 2.05) is 12.1 Å². The number of esters is 1. The van der Waals surface area contributed by atoms with Crippen molar-refractivity contribution in [1.29, 1.82) is 0 Å². The molecule has 0 radical (unpaired) electrons. The average molecular weight is 358 g/mol. The highest BCUT2D eigenvalue weighted by Crippen LogP contribution is 2.22. The Hall–Kier alpha value is -2.67. The highest BCUT2D eigenvalue weighted by Gasteiger charge is 2.26. The second kappa shape index (κ2) is 7.70. The summed E-state index contributed by atoms with van der Waals surface area (Å²) in [7, 11) is 1.59. The number of aryl methyl sites for hydroxylation is 1. The first kappa shape index (κ1) is 18.1. The van der Waals surface area contributed by atoms with Gasteiger partial charge < -0.3 is 19.1 Å². The fourth-order valence-corrected chi connectivity index (χ4v) is 2.89. The Morgan fingerprint density at radius 1 is 1.23 bits per heavy atom. The molecule has 7 nitrogen and oxygen atoms in total. The van der Waals surface area contributed by atoms with Crippen molar-refractivity contribution < 1.29 is 23.8 Å². The van der Waals surface area contributed by atoms with E-state index >= 15 is 0 Å². The normalized spacial score (nSPS) is 15.6. The molecule has 26 heavy (non-hydrogen) atoms. The predicted molar refractivity (Wildman–Crippen MR) is 95.3 cm³/mol. The lowest BCUT2D eigenvalue weighted by Crippen LogP contribution is -2.46. The molecule has 1 fully saturated rings. The summed E-state index contributed by atoms with van der Waals surface area (Å²) in [6.07, 6.45) is -0.855. The van der Waals surface area contributed by atoms with Crippen molar-refractivity contribution in [2.75, 3.05) is 33.4 Å². The molecule has 2 heterocycles. The summed E-state index contributed by atoms with van der Waals surface area (Å²) in [5, 5.41) is 0.801. The molecular weight excluding hydrogens is 336 g/mol. The van der Waals surface area contributed by atoms with Gasteiger partial charge in [-0.3, -0.25) is 9.78 Å². The molecule has 0 aliphatic carbocycles. The van der Waals surface area contributed by atoms with Crippen molar-refractivity contribution >= 4 is 22.8 Å². The smallest absolute Gasteiger partial charge is 0.340 e. The molecule has 1 atom stereocenters. The molecule has 1 saturated heterocycles. The van der Waals surface area contributed by atoms with Crippen molar-refractivity contribution in [2.24, 2.45) is 0 Å². The van der Waals surface area contributed by atoms with Crippen LogP contribution in [0.25, 0.3) is 10.9 Å². The first-order valence-electron chi connectivity index (χ1n) is 8.52. The number of benzene rings is 1. The van der Waals surface area contributed by atoms with Crippen molar-refractivity contribution in [3.63, 3.8) is 0 Å². The van der Waals surface area contributed by atoms with Crippen LogP contribution in [0.15, 0.2) is 24.3 Å². The molecule has 3 rings (SSSR count). The number of pyridine rings is 1. The minimum absolute atomic E-state index is 0.210. The van der Waals surface area contributed by atoms with Gasteiger partial charge in [0.2, 0.25) is 0 Å². The zero-order valence-electron chi connectivity index (χ0n) is 15.2. The van der Waals surface area contributed by atoms with Crippen molar-refractivity contribution in [2.45, 2.75) is 20.0 Å². The third-order valence-electron chi connectivity index (χ3n) is 4.39.